The van der Waals surface area contributed by atoms with Crippen molar-refractivity contribution in [1.82, 2.24) is 14.9 Å². The van der Waals surface area contributed by atoms with E-state index in [4.69, 9.17) is 21.2 Å². The van der Waals surface area contributed by atoms with Gasteiger partial charge < -0.3 is 25.2 Å². The second-order valence-corrected chi connectivity index (χ2v) is 10.2. The summed E-state index contributed by atoms with van der Waals surface area (Å²) >= 11 is 6.03. The van der Waals surface area contributed by atoms with Crippen molar-refractivity contribution in [3.05, 3.63) is 71.8 Å². The SMILES string of the molecule is C=CC(=O)Nc1cc(Nc2cc(N3OCC[C@@H]3c3ccc(F)c(Cl)c3)ncn2)c(OC)cc1N1CCN(C(C)=O)CC1. The number of piperazine rings is 1. The average Bonchev–Trinajstić information content (AvgIpc) is 3.49. The molecule has 2 aromatic carbocycles. The molecule has 2 fully saturated rings. The first-order chi connectivity index (χ1) is 20.3. The number of carbonyl (C=O) groups excluding carboxylic acids is 2. The van der Waals surface area contributed by atoms with E-state index in [0.29, 0.717) is 68.0 Å². The Bertz CT molecular complexity index is 1500. The van der Waals surface area contributed by atoms with Crippen molar-refractivity contribution in [3.8, 4) is 5.75 Å². The van der Waals surface area contributed by atoms with E-state index in [2.05, 4.69) is 32.1 Å². The molecule has 13 heteroatoms. The van der Waals surface area contributed by atoms with Crippen molar-refractivity contribution >= 4 is 52.1 Å². The Morgan fingerprint density at radius 3 is 2.62 bits per heavy atom. The first kappa shape index (κ1) is 29.1. The Balaban J connectivity index is 1.42. The van der Waals surface area contributed by atoms with Crippen molar-refractivity contribution in [1.29, 1.82) is 0 Å². The van der Waals surface area contributed by atoms with Crippen molar-refractivity contribution in [3.63, 3.8) is 0 Å². The van der Waals surface area contributed by atoms with Gasteiger partial charge in [-0.05, 0) is 29.8 Å². The maximum absolute atomic E-state index is 13.8. The summed E-state index contributed by atoms with van der Waals surface area (Å²) in [7, 11) is 1.56. The van der Waals surface area contributed by atoms with Crippen molar-refractivity contribution < 1.29 is 23.6 Å². The molecule has 0 bridgehead atoms. The van der Waals surface area contributed by atoms with Crippen LogP contribution in [0.25, 0.3) is 0 Å². The fraction of sp³-hybridized carbons (Fsp3) is 0.310. The van der Waals surface area contributed by atoms with Gasteiger partial charge in [-0.25, -0.2) is 19.4 Å². The van der Waals surface area contributed by atoms with Crippen LogP contribution >= 0.6 is 11.6 Å². The molecule has 0 saturated carbocycles. The van der Waals surface area contributed by atoms with Crippen LogP contribution in [-0.4, -0.2) is 66.6 Å². The Morgan fingerprint density at radius 1 is 1.14 bits per heavy atom. The predicted octanol–water partition coefficient (Wildman–Crippen LogP) is 4.70. The molecule has 42 heavy (non-hydrogen) atoms. The lowest BCUT2D eigenvalue weighted by Gasteiger charge is -2.36. The number of hydrogen-bond donors (Lipinski definition) is 2. The quantitative estimate of drug-likeness (QED) is 0.358. The minimum atomic E-state index is -0.485. The van der Waals surface area contributed by atoms with Gasteiger partial charge in [-0.3, -0.25) is 14.4 Å². The van der Waals surface area contributed by atoms with Gasteiger partial charge in [-0.1, -0.05) is 24.2 Å². The molecule has 5 rings (SSSR count). The van der Waals surface area contributed by atoms with E-state index in [0.717, 1.165) is 11.3 Å². The van der Waals surface area contributed by atoms with Crippen LogP contribution in [0.15, 0.2) is 55.4 Å². The van der Waals surface area contributed by atoms with Gasteiger partial charge in [0.1, 0.15) is 23.7 Å². The van der Waals surface area contributed by atoms with Gasteiger partial charge >= 0.3 is 0 Å². The Labute approximate surface area is 247 Å². The van der Waals surface area contributed by atoms with Gasteiger partial charge in [0.25, 0.3) is 0 Å². The van der Waals surface area contributed by atoms with Gasteiger partial charge in [-0.2, -0.15) is 0 Å². The zero-order valence-electron chi connectivity index (χ0n) is 23.3. The van der Waals surface area contributed by atoms with E-state index in [-0.39, 0.29) is 22.9 Å². The zero-order chi connectivity index (χ0) is 29.8. The third-order valence-corrected chi connectivity index (χ3v) is 7.49. The van der Waals surface area contributed by atoms with Crippen molar-refractivity contribution in [2.45, 2.75) is 19.4 Å². The molecular formula is C29H31ClFN7O4. The highest BCUT2D eigenvalue weighted by Gasteiger charge is 2.30. The molecule has 2 N–H and O–H groups in total. The van der Waals surface area contributed by atoms with Crippen LogP contribution in [0.5, 0.6) is 5.75 Å². The molecular weight excluding hydrogens is 565 g/mol. The van der Waals surface area contributed by atoms with Crippen LogP contribution in [0, 0.1) is 5.82 Å². The Morgan fingerprint density at radius 2 is 1.93 bits per heavy atom. The van der Waals surface area contributed by atoms with Gasteiger partial charge in [-0.15, -0.1) is 0 Å². The smallest absolute Gasteiger partial charge is 0.247 e. The maximum Gasteiger partial charge on any atom is 0.247 e. The standard InChI is InChI=1S/C29H31ClFN7O4/c1-4-29(40)35-22-14-23(26(41-3)15-25(22)37-10-8-36(9-11-37)18(2)39)34-27-16-28(33-17-32-27)38-24(7-12-42-38)19-5-6-21(31)20(30)13-19/h4-6,13-17,24H,1,7-12H2,2-3H3,(H,35,40)(H,32,33,34)/t24-/m1/s1. The normalized spacial score (nSPS) is 16.8. The predicted molar refractivity (Wildman–Crippen MR) is 159 cm³/mol. The summed E-state index contributed by atoms with van der Waals surface area (Å²) in [6.45, 7) is 7.91. The molecule has 0 radical (unpaired) electrons. The molecule has 1 atom stereocenters. The highest BCUT2D eigenvalue weighted by Crippen LogP contribution is 2.40. The lowest BCUT2D eigenvalue weighted by molar-refractivity contribution is -0.129. The summed E-state index contributed by atoms with van der Waals surface area (Å²) in [5.74, 6) is 0.650. The summed E-state index contributed by atoms with van der Waals surface area (Å²) in [5, 5.41) is 7.85. The first-order valence-electron chi connectivity index (χ1n) is 13.4. The number of amides is 2. The van der Waals surface area contributed by atoms with Crippen LogP contribution in [-0.2, 0) is 14.4 Å². The summed E-state index contributed by atoms with van der Waals surface area (Å²) in [4.78, 5) is 42.7. The molecule has 2 aliphatic heterocycles. The largest absolute Gasteiger partial charge is 0.494 e. The minimum Gasteiger partial charge on any atom is -0.494 e. The molecule has 220 valence electrons. The third-order valence-electron chi connectivity index (χ3n) is 7.20. The van der Waals surface area contributed by atoms with Gasteiger partial charge in [0.05, 0.1) is 41.8 Å². The fourth-order valence-electron chi connectivity index (χ4n) is 5.03. The number of aromatic nitrogens is 2. The van der Waals surface area contributed by atoms with Gasteiger partial charge in [0, 0.05) is 51.7 Å². The molecule has 0 unspecified atom stereocenters. The van der Waals surface area contributed by atoms with Crippen molar-refractivity contribution in [2.24, 2.45) is 0 Å². The number of ether oxygens (including phenoxy) is 1. The number of rotatable bonds is 8. The highest BCUT2D eigenvalue weighted by atomic mass is 35.5. The Kier molecular flexibility index (Phi) is 8.74. The molecule has 11 nitrogen and oxygen atoms in total. The number of carbonyl (C=O) groups is 2. The minimum absolute atomic E-state index is 0.0308. The topological polar surface area (TPSA) is 112 Å². The van der Waals surface area contributed by atoms with Crippen LogP contribution in [0.3, 0.4) is 0 Å². The number of benzene rings is 2. The second kappa shape index (κ2) is 12.6. The lowest BCUT2D eigenvalue weighted by atomic mass is 10.0. The summed E-state index contributed by atoms with van der Waals surface area (Å²) in [6, 6.07) is 9.72. The van der Waals surface area contributed by atoms with E-state index in [9.17, 15) is 14.0 Å². The summed E-state index contributed by atoms with van der Waals surface area (Å²) in [6.07, 6.45) is 3.27. The molecule has 0 aliphatic carbocycles. The number of halogens is 2. The Hall–Kier alpha value is -4.42. The van der Waals surface area contributed by atoms with Crippen LogP contribution in [0.2, 0.25) is 5.02 Å². The second-order valence-electron chi connectivity index (χ2n) is 9.78. The number of hydrogen-bond acceptors (Lipinski definition) is 9. The highest BCUT2D eigenvalue weighted by molar-refractivity contribution is 6.30. The molecule has 2 saturated heterocycles. The van der Waals surface area contributed by atoms with Crippen LogP contribution < -0.4 is 25.3 Å². The number of methoxy groups -OCH3 is 1. The number of anilines is 5. The first-order valence-corrected chi connectivity index (χ1v) is 13.8. The fourth-order valence-corrected chi connectivity index (χ4v) is 5.22. The van der Waals surface area contributed by atoms with Crippen LogP contribution in [0.4, 0.5) is 33.1 Å². The molecule has 2 amide bonds. The van der Waals surface area contributed by atoms with Gasteiger partial charge in [0.2, 0.25) is 11.8 Å². The van der Waals surface area contributed by atoms with E-state index in [1.165, 1.54) is 18.5 Å². The lowest BCUT2D eigenvalue weighted by Crippen LogP contribution is -2.48. The molecule has 1 aromatic heterocycles. The number of nitrogens with one attached hydrogen (secondary N) is 2. The molecule has 0 spiro atoms. The van der Waals surface area contributed by atoms with Crippen molar-refractivity contribution in [2.75, 3.05) is 60.5 Å². The molecule has 2 aliphatic rings. The van der Waals surface area contributed by atoms with E-state index in [1.807, 2.05) is 6.07 Å². The van der Waals surface area contributed by atoms with Crippen LogP contribution in [0.1, 0.15) is 24.9 Å². The summed E-state index contributed by atoms with van der Waals surface area (Å²) in [5.41, 5.74) is 2.66. The van der Waals surface area contributed by atoms with Gasteiger partial charge in [0.15, 0.2) is 5.82 Å². The third kappa shape index (κ3) is 6.24. The van der Waals surface area contributed by atoms with E-state index >= 15 is 0 Å². The molecule has 3 heterocycles. The average molecular weight is 596 g/mol. The molecule has 3 aromatic rings. The maximum atomic E-state index is 13.8. The monoisotopic (exact) mass is 595 g/mol. The van der Waals surface area contributed by atoms with E-state index in [1.54, 1.807) is 48.3 Å². The number of hydroxylamine groups is 1. The summed E-state index contributed by atoms with van der Waals surface area (Å²) < 4.78 is 19.5. The zero-order valence-corrected chi connectivity index (χ0v) is 24.0. The van der Waals surface area contributed by atoms with E-state index < -0.39 is 5.82 Å². The number of nitrogens with zero attached hydrogens (tertiary/aromatic N) is 5.